The summed E-state index contributed by atoms with van der Waals surface area (Å²) in [5.41, 5.74) is 0. The van der Waals surface area contributed by atoms with Crippen molar-refractivity contribution in [3.63, 3.8) is 0 Å². The molecule has 1 aromatic heterocycles. The zero-order chi connectivity index (χ0) is 12.0. The highest BCUT2D eigenvalue weighted by Gasteiger charge is 2.03. The minimum Gasteiger partial charge on any atom is -0.370 e. The molecule has 0 aliphatic carbocycles. The van der Waals surface area contributed by atoms with E-state index in [-0.39, 0.29) is 0 Å². The van der Waals surface area contributed by atoms with E-state index < -0.39 is 0 Å². The molecule has 3 nitrogen and oxygen atoms in total. The van der Waals surface area contributed by atoms with E-state index in [4.69, 9.17) is 0 Å². The molecule has 4 heteroatoms. The molecule has 16 heavy (non-hydrogen) atoms. The molecule has 0 aliphatic heterocycles. The zero-order valence-electron chi connectivity index (χ0n) is 10.3. The SMILES string of the molecule is CCCc1nc(Br)cc(NCC(C)CC)n1. The van der Waals surface area contributed by atoms with Gasteiger partial charge in [-0.1, -0.05) is 27.2 Å². The van der Waals surface area contributed by atoms with Crippen molar-refractivity contribution in [1.29, 1.82) is 0 Å². The molecule has 0 amide bonds. The van der Waals surface area contributed by atoms with Gasteiger partial charge in [0.25, 0.3) is 0 Å². The van der Waals surface area contributed by atoms with E-state index in [9.17, 15) is 0 Å². The second-order valence-corrected chi connectivity index (χ2v) is 4.95. The predicted octanol–water partition coefficient (Wildman–Crippen LogP) is 3.65. The fourth-order valence-electron chi connectivity index (χ4n) is 1.31. The number of halogens is 1. The van der Waals surface area contributed by atoms with Crippen molar-refractivity contribution in [2.45, 2.75) is 40.0 Å². The molecule has 90 valence electrons. The first kappa shape index (κ1) is 13.4. The first-order valence-corrected chi connectivity index (χ1v) is 6.72. The Hall–Kier alpha value is -0.640. The average Bonchev–Trinajstić information content (AvgIpc) is 2.25. The molecule has 0 saturated heterocycles. The molecule has 1 rings (SSSR count). The molecular formula is C12H20BrN3. The molecule has 1 heterocycles. The van der Waals surface area contributed by atoms with Crippen molar-refractivity contribution < 1.29 is 0 Å². The van der Waals surface area contributed by atoms with Gasteiger partial charge in [-0.3, -0.25) is 0 Å². The van der Waals surface area contributed by atoms with Gasteiger partial charge in [-0.05, 0) is 28.3 Å². The van der Waals surface area contributed by atoms with Gasteiger partial charge in [0.1, 0.15) is 16.2 Å². The Kier molecular flexibility index (Phi) is 5.74. The summed E-state index contributed by atoms with van der Waals surface area (Å²) in [7, 11) is 0. The quantitative estimate of drug-likeness (QED) is 0.811. The summed E-state index contributed by atoms with van der Waals surface area (Å²) in [6, 6.07) is 1.93. The first-order valence-electron chi connectivity index (χ1n) is 5.93. The van der Waals surface area contributed by atoms with Gasteiger partial charge in [0, 0.05) is 19.0 Å². The number of aromatic nitrogens is 2. The van der Waals surface area contributed by atoms with Crippen molar-refractivity contribution in [3.8, 4) is 0 Å². The van der Waals surface area contributed by atoms with Crippen LogP contribution in [0.25, 0.3) is 0 Å². The number of nitrogens with one attached hydrogen (secondary N) is 1. The van der Waals surface area contributed by atoms with E-state index in [1.165, 1.54) is 6.42 Å². The minimum atomic E-state index is 0.670. The summed E-state index contributed by atoms with van der Waals surface area (Å²) in [4.78, 5) is 8.81. The van der Waals surface area contributed by atoms with Crippen LogP contribution >= 0.6 is 15.9 Å². The maximum absolute atomic E-state index is 4.48. The number of rotatable bonds is 6. The zero-order valence-corrected chi connectivity index (χ0v) is 11.8. The van der Waals surface area contributed by atoms with Gasteiger partial charge in [-0.25, -0.2) is 9.97 Å². The van der Waals surface area contributed by atoms with Gasteiger partial charge in [0.05, 0.1) is 0 Å². The van der Waals surface area contributed by atoms with Crippen LogP contribution < -0.4 is 5.32 Å². The number of aryl methyl sites for hydroxylation is 1. The molecule has 0 aromatic carbocycles. The molecule has 1 unspecified atom stereocenters. The van der Waals surface area contributed by atoms with Gasteiger partial charge >= 0.3 is 0 Å². The summed E-state index contributed by atoms with van der Waals surface area (Å²) in [5.74, 6) is 2.50. The smallest absolute Gasteiger partial charge is 0.132 e. The van der Waals surface area contributed by atoms with Crippen LogP contribution in [-0.2, 0) is 6.42 Å². The van der Waals surface area contributed by atoms with Crippen LogP contribution in [0.2, 0.25) is 0 Å². The lowest BCUT2D eigenvalue weighted by Gasteiger charge is -2.11. The number of nitrogens with zero attached hydrogens (tertiary/aromatic N) is 2. The summed E-state index contributed by atoms with van der Waals surface area (Å²) in [6.45, 7) is 7.53. The third-order valence-corrected chi connectivity index (χ3v) is 2.95. The van der Waals surface area contributed by atoms with E-state index in [0.717, 1.165) is 35.6 Å². The normalized spacial score (nSPS) is 12.5. The molecule has 1 atom stereocenters. The van der Waals surface area contributed by atoms with Crippen LogP contribution in [0.15, 0.2) is 10.7 Å². The van der Waals surface area contributed by atoms with Gasteiger partial charge in [-0.15, -0.1) is 0 Å². The number of anilines is 1. The average molecular weight is 286 g/mol. The largest absolute Gasteiger partial charge is 0.370 e. The highest BCUT2D eigenvalue weighted by atomic mass is 79.9. The van der Waals surface area contributed by atoms with Crippen LogP contribution in [0.4, 0.5) is 5.82 Å². The fourth-order valence-corrected chi connectivity index (χ4v) is 1.74. The molecule has 0 radical (unpaired) electrons. The maximum atomic E-state index is 4.48. The highest BCUT2D eigenvalue weighted by Crippen LogP contribution is 2.14. The molecule has 1 aromatic rings. The molecule has 0 aliphatic rings. The molecule has 0 bridgehead atoms. The van der Waals surface area contributed by atoms with Gasteiger partial charge in [0.2, 0.25) is 0 Å². The molecule has 0 spiro atoms. The third kappa shape index (κ3) is 4.47. The highest BCUT2D eigenvalue weighted by molar-refractivity contribution is 9.10. The Bertz CT molecular complexity index is 328. The second kappa shape index (κ2) is 6.84. The Morgan fingerprint density at radius 2 is 2.12 bits per heavy atom. The minimum absolute atomic E-state index is 0.670. The van der Waals surface area contributed by atoms with Crippen molar-refractivity contribution in [1.82, 2.24) is 9.97 Å². The number of hydrogen-bond donors (Lipinski definition) is 1. The first-order chi connectivity index (χ1) is 7.65. The Balaban J connectivity index is 2.64. The Morgan fingerprint density at radius 1 is 1.38 bits per heavy atom. The van der Waals surface area contributed by atoms with E-state index in [1.807, 2.05) is 6.07 Å². The summed E-state index contributed by atoms with van der Waals surface area (Å²) < 4.78 is 0.859. The van der Waals surface area contributed by atoms with E-state index >= 15 is 0 Å². The molecule has 0 fully saturated rings. The van der Waals surface area contributed by atoms with Crippen LogP contribution in [0.5, 0.6) is 0 Å². The lowest BCUT2D eigenvalue weighted by Crippen LogP contribution is -2.12. The van der Waals surface area contributed by atoms with Crippen molar-refractivity contribution in [2.24, 2.45) is 5.92 Å². The molecule has 1 N–H and O–H groups in total. The maximum Gasteiger partial charge on any atom is 0.132 e. The monoisotopic (exact) mass is 285 g/mol. The van der Waals surface area contributed by atoms with E-state index in [0.29, 0.717) is 5.92 Å². The lowest BCUT2D eigenvalue weighted by molar-refractivity contribution is 0.592. The van der Waals surface area contributed by atoms with Gasteiger partial charge in [-0.2, -0.15) is 0 Å². The standard InChI is InChI=1S/C12H20BrN3/c1-4-6-11-15-10(13)7-12(16-11)14-8-9(3)5-2/h7,9H,4-6,8H2,1-3H3,(H,14,15,16). The van der Waals surface area contributed by atoms with Crippen molar-refractivity contribution >= 4 is 21.7 Å². The lowest BCUT2D eigenvalue weighted by atomic mass is 10.1. The Labute approximate surface area is 106 Å². The summed E-state index contributed by atoms with van der Waals surface area (Å²) in [6.07, 6.45) is 3.18. The van der Waals surface area contributed by atoms with Crippen LogP contribution in [0.1, 0.15) is 39.4 Å². The topological polar surface area (TPSA) is 37.8 Å². The molecule has 0 saturated carbocycles. The van der Waals surface area contributed by atoms with E-state index in [2.05, 4.69) is 52.0 Å². The Morgan fingerprint density at radius 3 is 2.75 bits per heavy atom. The third-order valence-electron chi connectivity index (χ3n) is 2.54. The molecular weight excluding hydrogens is 266 g/mol. The van der Waals surface area contributed by atoms with Gasteiger partial charge in [0.15, 0.2) is 0 Å². The predicted molar refractivity (Wildman–Crippen MR) is 71.7 cm³/mol. The van der Waals surface area contributed by atoms with E-state index in [1.54, 1.807) is 0 Å². The summed E-state index contributed by atoms with van der Waals surface area (Å²) in [5, 5.41) is 3.35. The van der Waals surface area contributed by atoms with Crippen LogP contribution in [0.3, 0.4) is 0 Å². The second-order valence-electron chi connectivity index (χ2n) is 4.14. The van der Waals surface area contributed by atoms with Crippen LogP contribution in [0, 0.1) is 5.92 Å². The van der Waals surface area contributed by atoms with Crippen LogP contribution in [-0.4, -0.2) is 16.5 Å². The fraction of sp³-hybridized carbons (Fsp3) is 0.667. The van der Waals surface area contributed by atoms with Gasteiger partial charge < -0.3 is 5.32 Å². The van der Waals surface area contributed by atoms with Crippen molar-refractivity contribution in [3.05, 3.63) is 16.5 Å². The van der Waals surface area contributed by atoms with Crippen molar-refractivity contribution in [2.75, 3.05) is 11.9 Å². The summed E-state index contributed by atoms with van der Waals surface area (Å²) >= 11 is 3.42. The number of hydrogen-bond acceptors (Lipinski definition) is 3.